The summed E-state index contributed by atoms with van der Waals surface area (Å²) in [6.07, 6.45) is -0.567. The number of amides is 1. The number of sulfonamides is 1. The molecule has 1 saturated heterocycles. The highest BCUT2D eigenvalue weighted by Crippen LogP contribution is 2.23. The SMILES string of the molecule is CNS(=O)(=O)c1cccc(NC(=O)C2CNCCO2)c1C. The van der Waals surface area contributed by atoms with E-state index >= 15 is 0 Å². The number of anilines is 1. The molecule has 7 nitrogen and oxygen atoms in total. The molecule has 1 fully saturated rings. The average molecular weight is 313 g/mol. The molecule has 2 rings (SSSR count). The van der Waals surface area contributed by atoms with Gasteiger partial charge in [-0.2, -0.15) is 0 Å². The summed E-state index contributed by atoms with van der Waals surface area (Å²) in [5.41, 5.74) is 0.953. The van der Waals surface area contributed by atoms with E-state index in [1.54, 1.807) is 19.1 Å². The number of rotatable bonds is 4. The molecule has 1 amide bonds. The maximum atomic E-state index is 12.1. The summed E-state index contributed by atoms with van der Waals surface area (Å²) in [7, 11) is -2.21. The first-order valence-electron chi connectivity index (χ1n) is 6.62. The minimum absolute atomic E-state index is 0.144. The van der Waals surface area contributed by atoms with Gasteiger partial charge in [0, 0.05) is 18.8 Å². The van der Waals surface area contributed by atoms with Crippen LogP contribution in [0.25, 0.3) is 0 Å². The molecule has 0 radical (unpaired) electrons. The van der Waals surface area contributed by atoms with Gasteiger partial charge in [0.25, 0.3) is 5.91 Å². The van der Waals surface area contributed by atoms with E-state index in [1.807, 2.05) is 0 Å². The summed E-state index contributed by atoms with van der Waals surface area (Å²) in [6, 6.07) is 4.75. The normalized spacial score (nSPS) is 19.2. The highest BCUT2D eigenvalue weighted by atomic mass is 32.2. The summed E-state index contributed by atoms with van der Waals surface area (Å²) in [5.74, 6) is -0.288. The fourth-order valence-corrected chi connectivity index (χ4v) is 3.09. The molecular formula is C13H19N3O4S. The highest BCUT2D eigenvalue weighted by Gasteiger charge is 2.23. The van der Waals surface area contributed by atoms with Crippen molar-refractivity contribution in [2.75, 3.05) is 32.1 Å². The van der Waals surface area contributed by atoms with Crippen LogP contribution in [0.3, 0.4) is 0 Å². The van der Waals surface area contributed by atoms with Gasteiger partial charge < -0.3 is 15.4 Å². The zero-order valence-corrected chi connectivity index (χ0v) is 12.8. The zero-order chi connectivity index (χ0) is 15.5. The summed E-state index contributed by atoms with van der Waals surface area (Å²) in [6.45, 7) is 3.29. The summed E-state index contributed by atoms with van der Waals surface area (Å²) in [5, 5.41) is 5.79. The molecule has 116 valence electrons. The molecule has 0 saturated carbocycles. The molecule has 0 aromatic heterocycles. The van der Waals surface area contributed by atoms with Gasteiger partial charge in [-0.1, -0.05) is 6.07 Å². The van der Waals surface area contributed by atoms with E-state index in [1.165, 1.54) is 13.1 Å². The molecule has 1 heterocycles. The Labute approximate surface area is 124 Å². The molecule has 1 atom stereocenters. The lowest BCUT2D eigenvalue weighted by atomic mass is 10.2. The van der Waals surface area contributed by atoms with Crippen molar-refractivity contribution >= 4 is 21.6 Å². The van der Waals surface area contributed by atoms with Gasteiger partial charge in [-0.05, 0) is 31.7 Å². The van der Waals surface area contributed by atoms with Crippen LogP contribution in [0.15, 0.2) is 23.1 Å². The number of morpholine rings is 1. The topological polar surface area (TPSA) is 96.5 Å². The average Bonchev–Trinajstić information content (AvgIpc) is 2.50. The molecule has 8 heteroatoms. The van der Waals surface area contributed by atoms with Crippen molar-refractivity contribution in [3.8, 4) is 0 Å². The predicted octanol–water partition coefficient (Wildman–Crippen LogP) is -0.170. The van der Waals surface area contributed by atoms with Crippen LogP contribution in [-0.2, 0) is 19.6 Å². The quantitative estimate of drug-likeness (QED) is 0.717. The first-order valence-corrected chi connectivity index (χ1v) is 8.10. The van der Waals surface area contributed by atoms with E-state index in [4.69, 9.17) is 4.74 Å². The van der Waals surface area contributed by atoms with Gasteiger partial charge in [-0.25, -0.2) is 13.1 Å². The Kier molecular flexibility index (Phi) is 4.94. The smallest absolute Gasteiger partial charge is 0.254 e. The van der Waals surface area contributed by atoms with Crippen LogP contribution in [0, 0.1) is 6.92 Å². The molecule has 1 unspecified atom stereocenters. The van der Waals surface area contributed by atoms with E-state index in [0.29, 0.717) is 24.4 Å². The van der Waals surface area contributed by atoms with Crippen molar-refractivity contribution in [1.29, 1.82) is 0 Å². The number of ether oxygens (including phenoxy) is 1. The molecule has 1 aliphatic rings. The van der Waals surface area contributed by atoms with E-state index in [-0.39, 0.29) is 10.8 Å². The lowest BCUT2D eigenvalue weighted by molar-refractivity contribution is -0.128. The van der Waals surface area contributed by atoms with Crippen molar-refractivity contribution in [3.63, 3.8) is 0 Å². The number of nitrogens with one attached hydrogen (secondary N) is 3. The molecular weight excluding hydrogens is 294 g/mol. The van der Waals surface area contributed by atoms with Crippen LogP contribution in [0.4, 0.5) is 5.69 Å². The fourth-order valence-electron chi connectivity index (χ4n) is 2.10. The van der Waals surface area contributed by atoms with Crippen molar-refractivity contribution in [1.82, 2.24) is 10.0 Å². The lowest BCUT2D eigenvalue weighted by Crippen LogP contribution is -2.45. The van der Waals surface area contributed by atoms with Gasteiger partial charge in [0.15, 0.2) is 0 Å². The lowest BCUT2D eigenvalue weighted by Gasteiger charge is -2.23. The fraction of sp³-hybridized carbons (Fsp3) is 0.462. The van der Waals surface area contributed by atoms with Gasteiger partial charge >= 0.3 is 0 Å². The van der Waals surface area contributed by atoms with Crippen molar-refractivity contribution in [3.05, 3.63) is 23.8 Å². The maximum absolute atomic E-state index is 12.1. The highest BCUT2D eigenvalue weighted by molar-refractivity contribution is 7.89. The number of benzene rings is 1. The molecule has 0 bridgehead atoms. The minimum Gasteiger partial charge on any atom is -0.366 e. The van der Waals surface area contributed by atoms with Crippen molar-refractivity contribution in [2.24, 2.45) is 0 Å². The zero-order valence-electron chi connectivity index (χ0n) is 12.0. The second kappa shape index (κ2) is 6.52. The van der Waals surface area contributed by atoms with Crippen LogP contribution in [-0.4, -0.2) is 47.2 Å². The number of hydrogen-bond acceptors (Lipinski definition) is 5. The van der Waals surface area contributed by atoms with Crippen LogP contribution >= 0.6 is 0 Å². The molecule has 0 aliphatic carbocycles. The Hall–Kier alpha value is -1.48. The molecule has 0 spiro atoms. The number of carbonyl (C=O) groups is 1. The third-order valence-corrected chi connectivity index (χ3v) is 4.88. The molecule has 1 aliphatic heterocycles. The van der Waals surface area contributed by atoms with Gasteiger partial charge in [-0.3, -0.25) is 4.79 Å². The van der Waals surface area contributed by atoms with Crippen molar-refractivity contribution < 1.29 is 17.9 Å². The molecule has 1 aromatic carbocycles. The number of carbonyl (C=O) groups excluding carboxylic acids is 1. The standard InChI is InChI=1S/C13H19N3O4S/c1-9-10(4-3-5-12(9)21(18,19)14-2)16-13(17)11-8-15-6-7-20-11/h3-5,11,14-15H,6-8H2,1-2H3,(H,16,17). The Morgan fingerprint density at radius 3 is 2.81 bits per heavy atom. The Morgan fingerprint density at radius 1 is 1.43 bits per heavy atom. The second-order valence-corrected chi connectivity index (χ2v) is 6.54. The van der Waals surface area contributed by atoms with Crippen LogP contribution in [0.5, 0.6) is 0 Å². The Balaban J connectivity index is 2.21. The predicted molar refractivity (Wildman–Crippen MR) is 78.7 cm³/mol. The summed E-state index contributed by atoms with van der Waals surface area (Å²) < 4.78 is 31.4. The minimum atomic E-state index is -3.56. The third kappa shape index (κ3) is 3.59. The van der Waals surface area contributed by atoms with Gasteiger partial charge in [0.2, 0.25) is 10.0 Å². The first kappa shape index (κ1) is 15.9. The molecule has 21 heavy (non-hydrogen) atoms. The second-order valence-electron chi connectivity index (χ2n) is 4.69. The number of hydrogen-bond donors (Lipinski definition) is 3. The summed E-state index contributed by atoms with van der Waals surface area (Å²) in [4.78, 5) is 12.3. The first-order chi connectivity index (χ1) is 9.95. The van der Waals surface area contributed by atoms with E-state index < -0.39 is 16.1 Å². The van der Waals surface area contributed by atoms with Gasteiger partial charge in [0.1, 0.15) is 6.10 Å². The van der Waals surface area contributed by atoms with Crippen LogP contribution in [0.2, 0.25) is 0 Å². The monoisotopic (exact) mass is 313 g/mol. The van der Waals surface area contributed by atoms with Crippen LogP contribution in [0.1, 0.15) is 5.56 Å². The summed E-state index contributed by atoms with van der Waals surface area (Å²) >= 11 is 0. The van der Waals surface area contributed by atoms with Crippen molar-refractivity contribution in [2.45, 2.75) is 17.9 Å². The molecule has 1 aromatic rings. The Morgan fingerprint density at radius 2 is 2.19 bits per heavy atom. The van der Waals surface area contributed by atoms with E-state index in [0.717, 1.165) is 6.54 Å². The van der Waals surface area contributed by atoms with Gasteiger partial charge in [0.05, 0.1) is 11.5 Å². The maximum Gasteiger partial charge on any atom is 0.254 e. The van der Waals surface area contributed by atoms with E-state index in [2.05, 4.69) is 15.4 Å². The van der Waals surface area contributed by atoms with E-state index in [9.17, 15) is 13.2 Å². The largest absolute Gasteiger partial charge is 0.366 e. The van der Waals surface area contributed by atoms with Crippen LogP contribution < -0.4 is 15.4 Å². The molecule has 3 N–H and O–H groups in total. The Bertz CT molecular complexity index is 624. The third-order valence-electron chi connectivity index (χ3n) is 3.32. The van der Waals surface area contributed by atoms with Gasteiger partial charge in [-0.15, -0.1) is 0 Å².